The molecule has 0 aliphatic carbocycles. The largest absolute Gasteiger partial charge is 1.00 e. The molecule has 0 saturated carbocycles. The third-order valence-corrected chi connectivity index (χ3v) is 3.58. The lowest BCUT2D eigenvalue weighted by molar-refractivity contribution is -0.453. The Morgan fingerprint density at radius 3 is 2.47 bits per heavy atom. The molecule has 0 amide bonds. The van der Waals surface area contributed by atoms with E-state index >= 15 is 0 Å². The van der Waals surface area contributed by atoms with Crippen molar-refractivity contribution in [3.63, 3.8) is 0 Å². The Morgan fingerprint density at radius 1 is 1.05 bits per heavy atom. The van der Waals surface area contributed by atoms with Gasteiger partial charge < -0.3 is 17.0 Å². The van der Waals surface area contributed by atoms with Crippen molar-refractivity contribution in [2.45, 2.75) is 19.9 Å². The predicted molar refractivity (Wildman–Crippen MR) is 74.2 cm³/mol. The quantitative estimate of drug-likeness (QED) is 0.765. The van der Waals surface area contributed by atoms with Crippen LogP contribution in [0.5, 0.6) is 0 Å². The molecule has 0 bridgehead atoms. The fourth-order valence-corrected chi connectivity index (χ4v) is 2.60. The Labute approximate surface area is 124 Å². The SMILES string of the molecule is CCc1ccccc1[N+]1=C(N)c2ccccc2C1.[Br-]. The summed E-state index contributed by atoms with van der Waals surface area (Å²) in [4.78, 5) is 0. The third-order valence-electron chi connectivity index (χ3n) is 3.58. The summed E-state index contributed by atoms with van der Waals surface area (Å²) >= 11 is 0. The Kier molecular flexibility index (Phi) is 4.05. The molecule has 1 aliphatic heterocycles. The highest BCUT2D eigenvalue weighted by molar-refractivity contribution is 5.97. The van der Waals surface area contributed by atoms with E-state index in [-0.39, 0.29) is 17.0 Å². The lowest BCUT2D eigenvalue weighted by Crippen LogP contribution is -3.00. The zero-order valence-corrected chi connectivity index (χ0v) is 12.5. The van der Waals surface area contributed by atoms with Crippen molar-refractivity contribution in [3.05, 3.63) is 65.2 Å². The molecule has 3 heteroatoms. The summed E-state index contributed by atoms with van der Waals surface area (Å²) in [5.41, 5.74) is 11.3. The summed E-state index contributed by atoms with van der Waals surface area (Å²) in [5.74, 6) is 0.867. The van der Waals surface area contributed by atoms with Crippen molar-refractivity contribution in [1.82, 2.24) is 0 Å². The number of nitrogens with zero attached hydrogens (tertiary/aromatic N) is 1. The first-order chi connectivity index (χ1) is 8.81. The first-order valence-corrected chi connectivity index (χ1v) is 6.37. The number of amidine groups is 1. The molecule has 2 nitrogen and oxygen atoms in total. The van der Waals surface area contributed by atoms with Crippen molar-refractivity contribution in [2.75, 3.05) is 0 Å². The van der Waals surface area contributed by atoms with Gasteiger partial charge >= 0.3 is 0 Å². The van der Waals surface area contributed by atoms with E-state index in [4.69, 9.17) is 5.73 Å². The van der Waals surface area contributed by atoms with Crippen LogP contribution in [0.4, 0.5) is 5.69 Å². The maximum Gasteiger partial charge on any atom is 0.280 e. The van der Waals surface area contributed by atoms with Crippen molar-refractivity contribution in [2.24, 2.45) is 5.73 Å². The van der Waals surface area contributed by atoms with Gasteiger partial charge in [-0.25, -0.2) is 4.58 Å². The van der Waals surface area contributed by atoms with Crippen LogP contribution in [-0.2, 0) is 13.0 Å². The van der Waals surface area contributed by atoms with E-state index in [2.05, 4.69) is 54.0 Å². The summed E-state index contributed by atoms with van der Waals surface area (Å²) in [5, 5.41) is 0. The zero-order valence-electron chi connectivity index (χ0n) is 10.9. The highest BCUT2D eigenvalue weighted by Gasteiger charge is 2.26. The minimum Gasteiger partial charge on any atom is -1.00 e. The number of aryl methyl sites for hydroxylation is 1. The fourth-order valence-electron chi connectivity index (χ4n) is 2.60. The van der Waals surface area contributed by atoms with Gasteiger partial charge in [0, 0.05) is 5.56 Å². The smallest absolute Gasteiger partial charge is 0.280 e. The molecular formula is C16H17BrN2. The molecule has 0 aromatic heterocycles. The molecule has 0 spiro atoms. The molecule has 2 aromatic rings. The third kappa shape index (κ3) is 2.30. The van der Waals surface area contributed by atoms with E-state index < -0.39 is 0 Å². The molecule has 0 unspecified atom stereocenters. The van der Waals surface area contributed by atoms with Crippen LogP contribution in [0.3, 0.4) is 0 Å². The van der Waals surface area contributed by atoms with E-state index in [9.17, 15) is 0 Å². The van der Waals surface area contributed by atoms with E-state index in [1.807, 2.05) is 6.07 Å². The molecule has 19 heavy (non-hydrogen) atoms. The first kappa shape index (κ1) is 13.8. The molecule has 0 radical (unpaired) electrons. The van der Waals surface area contributed by atoms with Gasteiger partial charge in [-0.1, -0.05) is 43.3 Å². The fraction of sp³-hybridized carbons (Fsp3) is 0.188. The van der Waals surface area contributed by atoms with Gasteiger partial charge in [-0.05, 0) is 24.1 Å². The first-order valence-electron chi connectivity index (χ1n) is 6.37. The lowest BCUT2D eigenvalue weighted by atomic mass is 10.1. The average Bonchev–Trinajstić information content (AvgIpc) is 2.76. The second kappa shape index (κ2) is 5.57. The van der Waals surface area contributed by atoms with Gasteiger partial charge in [0.05, 0.1) is 5.56 Å². The van der Waals surface area contributed by atoms with Crippen LogP contribution in [0.15, 0.2) is 48.5 Å². The number of nitrogens with two attached hydrogens (primary N) is 1. The van der Waals surface area contributed by atoms with Gasteiger partial charge in [-0.2, -0.15) is 0 Å². The zero-order chi connectivity index (χ0) is 12.5. The van der Waals surface area contributed by atoms with Crippen LogP contribution in [0.1, 0.15) is 23.6 Å². The molecule has 0 saturated heterocycles. The summed E-state index contributed by atoms with van der Waals surface area (Å²) < 4.78 is 2.21. The van der Waals surface area contributed by atoms with Gasteiger partial charge in [-0.15, -0.1) is 0 Å². The summed E-state index contributed by atoms with van der Waals surface area (Å²) in [6.07, 6.45) is 1.02. The van der Waals surface area contributed by atoms with Crippen molar-refractivity contribution < 1.29 is 21.6 Å². The molecule has 2 N–H and O–H groups in total. The molecule has 1 heterocycles. The number of halogens is 1. The normalized spacial score (nSPS) is 13.1. The second-order valence-corrected chi connectivity index (χ2v) is 4.61. The molecule has 2 aromatic carbocycles. The number of fused-ring (bicyclic) bond motifs is 1. The van der Waals surface area contributed by atoms with Gasteiger partial charge in [-0.3, -0.25) is 5.73 Å². The average molecular weight is 317 g/mol. The van der Waals surface area contributed by atoms with E-state index in [1.54, 1.807) is 0 Å². The number of benzene rings is 2. The second-order valence-electron chi connectivity index (χ2n) is 4.61. The van der Waals surface area contributed by atoms with Crippen LogP contribution in [0.25, 0.3) is 0 Å². The Bertz CT molecular complexity index is 632. The van der Waals surface area contributed by atoms with Crippen molar-refractivity contribution in [1.29, 1.82) is 0 Å². The van der Waals surface area contributed by atoms with Crippen LogP contribution in [-0.4, -0.2) is 10.4 Å². The topological polar surface area (TPSA) is 29.0 Å². The summed E-state index contributed by atoms with van der Waals surface area (Å²) in [6, 6.07) is 16.8. The van der Waals surface area contributed by atoms with Crippen LogP contribution in [0, 0.1) is 0 Å². The monoisotopic (exact) mass is 316 g/mol. The van der Waals surface area contributed by atoms with Gasteiger partial charge in [0.1, 0.15) is 12.2 Å². The molecule has 1 aliphatic rings. The standard InChI is InChI=1S/C16H16N2.BrH/c1-2-12-7-4-6-10-15(12)18-11-13-8-3-5-9-14(13)16(18)17;/h3-10,17H,2,11H2,1H3;1H. The van der Waals surface area contributed by atoms with E-state index in [1.165, 1.54) is 22.4 Å². The molecule has 3 rings (SSSR count). The highest BCUT2D eigenvalue weighted by Crippen LogP contribution is 2.26. The molecule has 0 fully saturated rings. The number of hydrogen-bond acceptors (Lipinski definition) is 1. The number of para-hydroxylation sites is 1. The maximum absolute atomic E-state index is 6.29. The summed E-state index contributed by atoms with van der Waals surface area (Å²) in [7, 11) is 0. The van der Waals surface area contributed by atoms with Crippen LogP contribution >= 0.6 is 0 Å². The van der Waals surface area contributed by atoms with Gasteiger partial charge in [0.25, 0.3) is 5.84 Å². The van der Waals surface area contributed by atoms with E-state index in [0.29, 0.717) is 0 Å². The lowest BCUT2D eigenvalue weighted by Gasteiger charge is -2.07. The maximum atomic E-state index is 6.29. The minimum atomic E-state index is 0. The van der Waals surface area contributed by atoms with Crippen LogP contribution < -0.4 is 22.7 Å². The minimum absolute atomic E-state index is 0. The summed E-state index contributed by atoms with van der Waals surface area (Å²) in [6.45, 7) is 3.05. The van der Waals surface area contributed by atoms with Gasteiger partial charge in [0.15, 0.2) is 0 Å². The Balaban J connectivity index is 0.00000133. The Morgan fingerprint density at radius 2 is 1.74 bits per heavy atom. The van der Waals surface area contributed by atoms with Crippen LogP contribution in [0.2, 0.25) is 0 Å². The van der Waals surface area contributed by atoms with Gasteiger partial charge in [0.2, 0.25) is 0 Å². The predicted octanol–water partition coefficient (Wildman–Crippen LogP) is -0.184. The Hall–Kier alpha value is -1.61. The molecule has 0 atom stereocenters. The molecule has 98 valence electrons. The van der Waals surface area contributed by atoms with Crippen molar-refractivity contribution >= 4 is 11.5 Å². The van der Waals surface area contributed by atoms with Crippen molar-refractivity contribution in [3.8, 4) is 0 Å². The van der Waals surface area contributed by atoms with E-state index in [0.717, 1.165) is 18.8 Å². The number of rotatable bonds is 2. The highest BCUT2D eigenvalue weighted by atomic mass is 79.9. The molecular weight excluding hydrogens is 300 g/mol. The number of hydrogen-bond donors (Lipinski definition) is 1.